The molecule has 0 aliphatic carbocycles. The summed E-state index contributed by atoms with van der Waals surface area (Å²) in [6.45, 7) is 6.38. The van der Waals surface area contributed by atoms with Crippen molar-refractivity contribution in [3.63, 3.8) is 0 Å². The van der Waals surface area contributed by atoms with Crippen LogP contribution in [0.4, 0.5) is 5.82 Å². The lowest BCUT2D eigenvalue weighted by atomic mass is 10.1. The van der Waals surface area contributed by atoms with E-state index in [1.165, 1.54) is 0 Å². The summed E-state index contributed by atoms with van der Waals surface area (Å²) in [5, 5.41) is 13.8. The zero-order chi connectivity index (χ0) is 12.3. The average molecular weight is 225 g/mol. The molecule has 1 heterocycles. The van der Waals surface area contributed by atoms with Crippen LogP contribution in [0.25, 0.3) is 0 Å². The lowest BCUT2D eigenvalue weighted by molar-refractivity contribution is 0.281. The Labute approximate surface area is 97.9 Å². The molecular formula is C12H23N3O. The van der Waals surface area contributed by atoms with E-state index in [1.54, 1.807) is 0 Å². The van der Waals surface area contributed by atoms with Crippen LogP contribution in [0.15, 0.2) is 0 Å². The van der Waals surface area contributed by atoms with Gasteiger partial charge in [-0.2, -0.15) is 5.10 Å². The van der Waals surface area contributed by atoms with E-state index in [2.05, 4.69) is 30.9 Å². The molecule has 0 fully saturated rings. The summed E-state index contributed by atoms with van der Waals surface area (Å²) in [7, 11) is 3.99. The predicted octanol–water partition coefficient (Wildman–Crippen LogP) is 1.85. The molecule has 1 rings (SSSR count). The van der Waals surface area contributed by atoms with Crippen molar-refractivity contribution in [1.82, 2.24) is 9.78 Å². The smallest absolute Gasteiger partial charge is 0.132 e. The minimum atomic E-state index is 0.0538. The van der Waals surface area contributed by atoms with Crippen molar-refractivity contribution in [2.24, 2.45) is 7.05 Å². The van der Waals surface area contributed by atoms with Crippen LogP contribution in [0.2, 0.25) is 0 Å². The molecule has 16 heavy (non-hydrogen) atoms. The number of aromatic nitrogens is 2. The van der Waals surface area contributed by atoms with Gasteiger partial charge < -0.3 is 10.0 Å². The molecule has 0 aromatic carbocycles. The van der Waals surface area contributed by atoms with Gasteiger partial charge in [0, 0.05) is 25.7 Å². The number of anilines is 1. The molecule has 1 aromatic heterocycles. The Morgan fingerprint density at radius 1 is 1.50 bits per heavy atom. The monoisotopic (exact) mass is 225 g/mol. The standard InChI is InChI=1S/C12H23N3O/c1-6-7-9(2)14(4)12-11(8-16)10(3)13-15(12)5/h9,16H,6-8H2,1-5H3. The predicted molar refractivity (Wildman–Crippen MR) is 66.6 cm³/mol. The SMILES string of the molecule is CCCC(C)N(C)c1c(CO)c(C)nn1C. The van der Waals surface area contributed by atoms with Crippen LogP contribution < -0.4 is 4.90 Å². The molecule has 4 heteroatoms. The van der Waals surface area contributed by atoms with Crippen molar-refractivity contribution in [2.75, 3.05) is 11.9 Å². The summed E-state index contributed by atoms with van der Waals surface area (Å²) >= 11 is 0. The number of hydrogen-bond acceptors (Lipinski definition) is 3. The van der Waals surface area contributed by atoms with Crippen LogP contribution in [0.3, 0.4) is 0 Å². The van der Waals surface area contributed by atoms with Gasteiger partial charge in [-0.05, 0) is 20.3 Å². The zero-order valence-electron chi connectivity index (χ0n) is 11.0. The summed E-state index contributed by atoms with van der Waals surface area (Å²) in [6.07, 6.45) is 2.31. The van der Waals surface area contributed by atoms with E-state index in [-0.39, 0.29) is 6.61 Å². The van der Waals surface area contributed by atoms with Crippen molar-refractivity contribution in [3.05, 3.63) is 11.3 Å². The highest BCUT2D eigenvalue weighted by Gasteiger charge is 2.19. The van der Waals surface area contributed by atoms with Gasteiger partial charge in [-0.25, -0.2) is 0 Å². The Bertz CT molecular complexity index is 346. The fraction of sp³-hybridized carbons (Fsp3) is 0.750. The van der Waals surface area contributed by atoms with Crippen LogP contribution in [0, 0.1) is 6.92 Å². The maximum absolute atomic E-state index is 9.39. The highest BCUT2D eigenvalue weighted by Crippen LogP contribution is 2.24. The molecule has 0 saturated heterocycles. The molecule has 1 atom stereocenters. The summed E-state index contributed by atoms with van der Waals surface area (Å²) in [5.41, 5.74) is 1.85. The van der Waals surface area contributed by atoms with Gasteiger partial charge in [-0.3, -0.25) is 4.68 Å². The van der Waals surface area contributed by atoms with Gasteiger partial charge in [0.2, 0.25) is 0 Å². The molecule has 0 aliphatic rings. The number of aryl methyl sites for hydroxylation is 2. The molecule has 0 radical (unpaired) electrons. The Morgan fingerprint density at radius 3 is 2.62 bits per heavy atom. The Balaban J connectivity index is 3.02. The van der Waals surface area contributed by atoms with Gasteiger partial charge in [0.25, 0.3) is 0 Å². The van der Waals surface area contributed by atoms with Gasteiger partial charge in [0.15, 0.2) is 0 Å². The van der Waals surface area contributed by atoms with E-state index in [0.717, 1.165) is 29.9 Å². The number of aliphatic hydroxyl groups is 1. The second kappa shape index (κ2) is 5.34. The summed E-state index contributed by atoms with van der Waals surface area (Å²) in [6, 6.07) is 0.463. The highest BCUT2D eigenvalue weighted by atomic mass is 16.3. The summed E-state index contributed by atoms with van der Waals surface area (Å²) < 4.78 is 1.85. The van der Waals surface area contributed by atoms with E-state index in [4.69, 9.17) is 0 Å². The second-order valence-electron chi connectivity index (χ2n) is 4.42. The number of aliphatic hydroxyl groups excluding tert-OH is 1. The zero-order valence-corrected chi connectivity index (χ0v) is 11.0. The second-order valence-corrected chi connectivity index (χ2v) is 4.42. The fourth-order valence-corrected chi connectivity index (χ4v) is 2.14. The third-order valence-corrected chi connectivity index (χ3v) is 3.17. The normalized spacial score (nSPS) is 12.9. The lowest BCUT2D eigenvalue weighted by Crippen LogP contribution is -2.31. The van der Waals surface area contributed by atoms with Crippen molar-refractivity contribution in [1.29, 1.82) is 0 Å². The summed E-state index contributed by atoms with van der Waals surface area (Å²) in [4.78, 5) is 2.20. The molecule has 0 bridgehead atoms. The number of nitrogens with zero attached hydrogens (tertiary/aromatic N) is 3. The number of hydrogen-bond donors (Lipinski definition) is 1. The van der Waals surface area contributed by atoms with E-state index in [0.29, 0.717) is 6.04 Å². The molecule has 1 unspecified atom stereocenters. The first-order valence-electron chi connectivity index (χ1n) is 5.89. The third-order valence-electron chi connectivity index (χ3n) is 3.17. The fourth-order valence-electron chi connectivity index (χ4n) is 2.14. The van der Waals surface area contributed by atoms with Crippen LogP contribution >= 0.6 is 0 Å². The van der Waals surface area contributed by atoms with Gasteiger partial charge in [0.05, 0.1) is 12.3 Å². The molecule has 1 N–H and O–H groups in total. The van der Waals surface area contributed by atoms with Crippen LogP contribution in [-0.4, -0.2) is 28.0 Å². The minimum absolute atomic E-state index is 0.0538. The molecule has 0 spiro atoms. The molecular weight excluding hydrogens is 202 g/mol. The summed E-state index contributed by atoms with van der Waals surface area (Å²) in [5.74, 6) is 1.03. The van der Waals surface area contributed by atoms with Gasteiger partial charge in [-0.1, -0.05) is 13.3 Å². The number of rotatable bonds is 5. The first-order chi connectivity index (χ1) is 7.52. The Morgan fingerprint density at radius 2 is 2.12 bits per heavy atom. The molecule has 0 aliphatic heterocycles. The van der Waals surface area contributed by atoms with Crippen LogP contribution in [0.1, 0.15) is 37.9 Å². The molecule has 0 saturated carbocycles. The average Bonchev–Trinajstić information content (AvgIpc) is 2.52. The first kappa shape index (κ1) is 13.0. The molecule has 0 amide bonds. The van der Waals surface area contributed by atoms with Gasteiger partial charge in [-0.15, -0.1) is 0 Å². The van der Waals surface area contributed by atoms with Crippen molar-refractivity contribution < 1.29 is 5.11 Å². The first-order valence-corrected chi connectivity index (χ1v) is 5.89. The molecule has 4 nitrogen and oxygen atoms in total. The lowest BCUT2D eigenvalue weighted by Gasteiger charge is -2.27. The van der Waals surface area contributed by atoms with E-state index in [1.807, 2.05) is 18.7 Å². The van der Waals surface area contributed by atoms with Crippen molar-refractivity contribution >= 4 is 5.82 Å². The van der Waals surface area contributed by atoms with Crippen LogP contribution in [-0.2, 0) is 13.7 Å². The quantitative estimate of drug-likeness (QED) is 0.831. The van der Waals surface area contributed by atoms with E-state index >= 15 is 0 Å². The molecule has 92 valence electrons. The van der Waals surface area contributed by atoms with Gasteiger partial charge in [0.1, 0.15) is 5.82 Å². The van der Waals surface area contributed by atoms with E-state index < -0.39 is 0 Å². The highest BCUT2D eigenvalue weighted by molar-refractivity contribution is 5.49. The maximum atomic E-state index is 9.39. The van der Waals surface area contributed by atoms with Crippen LogP contribution in [0.5, 0.6) is 0 Å². The minimum Gasteiger partial charge on any atom is -0.391 e. The Kier molecular flexibility index (Phi) is 4.35. The Hall–Kier alpha value is -1.03. The third kappa shape index (κ3) is 2.38. The van der Waals surface area contributed by atoms with E-state index in [9.17, 15) is 5.11 Å². The van der Waals surface area contributed by atoms with Crippen molar-refractivity contribution in [3.8, 4) is 0 Å². The maximum Gasteiger partial charge on any atom is 0.132 e. The molecule has 1 aromatic rings. The topological polar surface area (TPSA) is 41.3 Å². The largest absolute Gasteiger partial charge is 0.391 e. The van der Waals surface area contributed by atoms with Gasteiger partial charge >= 0.3 is 0 Å². The van der Waals surface area contributed by atoms with Crippen molar-refractivity contribution in [2.45, 2.75) is 46.3 Å².